The average molecular weight is 476 g/mol. The van der Waals surface area contributed by atoms with Gasteiger partial charge in [-0.3, -0.25) is 20.2 Å². The fourth-order valence-electron chi connectivity index (χ4n) is 2.46. The van der Waals surface area contributed by atoms with Crippen LogP contribution in [0.3, 0.4) is 0 Å². The van der Waals surface area contributed by atoms with E-state index in [1.54, 1.807) is 19.1 Å². The van der Waals surface area contributed by atoms with Gasteiger partial charge in [0.15, 0.2) is 5.13 Å². The molecule has 3 rings (SSSR count). The molecule has 2 aromatic carbocycles. The molecule has 8 nitrogen and oxygen atoms in total. The van der Waals surface area contributed by atoms with Crippen LogP contribution in [0.25, 0.3) is 11.3 Å². The lowest BCUT2D eigenvalue weighted by Crippen LogP contribution is -2.12. The molecule has 3 aromatic rings. The summed E-state index contributed by atoms with van der Waals surface area (Å²) in [7, 11) is 0. The monoisotopic (exact) mass is 475 g/mol. The fourth-order valence-corrected chi connectivity index (χ4v) is 3.73. The highest BCUT2D eigenvalue weighted by Gasteiger charge is 2.22. The van der Waals surface area contributed by atoms with E-state index >= 15 is 0 Å². The van der Waals surface area contributed by atoms with E-state index in [-0.39, 0.29) is 32.3 Å². The van der Waals surface area contributed by atoms with Gasteiger partial charge in [-0.1, -0.05) is 41.7 Å². The molecule has 1 aromatic heterocycles. The van der Waals surface area contributed by atoms with E-state index in [2.05, 4.69) is 26.2 Å². The first-order valence-corrected chi connectivity index (χ1v) is 10.00. The largest absolute Gasteiger partial charge is 0.462 e. The number of esters is 1. The zero-order chi connectivity index (χ0) is 21.0. The zero-order valence-corrected chi connectivity index (χ0v) is 17.5. The molecule has 0 aliphatic carbocycles. The SMILES string of the molecule is CCOC(=O)c1sc(NC(=O)c2ccc(Br)c([N+](=O)[O-])c2)nc1-c1ccccc1. The normalized spacial score (nSPS) is 10.4. The zero-order valence-electron chi connectivity index (χ0n) is 15.0. The van der Waals surface area contributed by atoms with Crippen LogP contribution in [0.4, 0.5) is 10.8 Å². The number of thiazole rings is 1. The third-order valence-electron chi connectivity index (χ3n) is 3.76. The van der Waals surface area contributed by atoms with Gasteiger partial charge in [0.2, 0.25) is 0 Å². The number of carbonyl (C=O) groups excluding carboxylic acids is 2. The fraction of sp³-hybridized carbons (Fsp3) is 0.105. The number of nitro benzene ring substituents is 1. The predicted molar refractivity (Wildman–Crippen MR) is 112 cm³/mol. The van der Waals surface area contributed by atoms with Crippen LogP contribution < -0.4 is 5.32 Å². The minimum Gasteiger partial charge on any atom is -0.462 e. The first-order valence-electron chi connectivity index (χ1n) is 8.39. The number of amides is 1. The van der Waals surface area contributed by atoms with E-state index in [9.17, 15) is 19.7 Å². The van der Waals surface area contributed by atoms with Crippen molar-refractivity contribution in [3.63, 3.8) is 0 Å². The summed E-state index contributed by atoms with van der Waals surface area (Å²) in [5.41, 5.74) is 0.959. The van der Waals surface area contributed by atoms with E-state index in [0.29, 0.717) is 11.3 Å². The molecule has 1 heterocycles. The van der Waals surface area contributed by atoms with Crippen LogP contribution in [0.1, 0.15) is 27.0 Å². The van der Waals surface area contributed by atoms with Crippen molar-refractivity contribution in [1.82, 2.24) is 4.98 Å². The third-order valence-corrected chi connectivity index (χ3v) is 5.38. The molecule has 0 saturated carbocycles. The second kappa shape index (κ2) is 8.93. The number of nitrogens with one attached hydrogen (secondary N) is 1. The van der Waals surface area contributed by atoms with Gasteiger partial charge in [0, 0.05) is 17.2 Å². The molecule has 0 atom stereocenters. The van der Waals surface area contributed by atoms with Gasteiger partial charge < -0.3 is 4.74 Å². The molecule has 0 spiro atoms. The number of halogens is 1. The van der Waals surface area contributed by atoms with Crippen LogP contribution in [0.15, 0.2) is 53.0 Å². The highest BCUT2D eigenvalue weighted by atomic mass is 79.9. The molecular weight excluding hydrogens is 462 g/mol. The molecule has 0 bridgehead atoms. The van der Waals surface area contributed by atoms with Crippen LogP contribution >= 0.6 is 27.3 Å². The molecule has 0 unspecified atom stereocenters. The van der Waals surface area contributed by atoms with E-state index in [4.69, 9.17) is 4.74 Å². The Balaban J connectivity index is 1.93. The summed E-state index contributed by atoms with van der Waals surface area (Å²) in [6.45, 7) is 1.90. The number of aromatic nitrogens is 1. The van der Waals surface area contributed by atoms with Gasteiger partial charge in [-0.15, -0.1) is 0 Å². The van der Waals surface area contributed by atoms with E-state index in [0.717, 1.165) is 17.4 Å². The van der Waals surface area contributed by atoms with Crippen molar-refractivity contribution in [2.24, 2.45) is 0 Å². The maximum absolute atomic E-state index is 12.6. The number of anilines is 1. The number of nitrogens with zero attached hydrogens (tertiary/aromatic N) is 2. The van der Waals surface area contributed by atoms with Crippen molar-refractivity contribution in [1.29, 1.82) is 0 Å². The van der Waals surface area contributed by atoms with Crippen LogP contribution in [-0.2, 0) is 4.74 Å². The molecule has 0 saturated heterocycles. The molecule has 1 N–H and O–H groups in total. The Hall–Kier alpha value is -3.11. The Bertz CT molecular complexity index is 1080. The second-order valence-corrected chi connectivity index (χ2v) is 7.51. The van der Waals surface area contributed by atoms with Crippen molar-refractivity contribution in [2.75, 3.05) is 11.9 Å². The van der Waals surface area contributed by atoms with Gasteiger partial charge in [0.1, 0.15) is 4.88 Å². The van der Waals surface area contributed by atoms with Gasteiger partial charge in [-0.25, -0.2) is 9.78 Å². The van der Waals surface area contributed by atoms with Gasteiger partial charge in [-0.2, -0.15) is 0 Å². The molecule has 148 valence electrons. The Kier molecular flexibility index (Phi) is 6.35. The van der Waals surface area contributed by atoms with Crippen molar-refractivity contribution in [3.8, 4) is 11.3 Å². The van der Waals surface area contributed by atoms with Gasteiger partial charge in [-0.05, 0) is 35.0 Å². The summed E-state index contributed by atoms with van der Waals surface area (Å²) in [6, 6.07) is 13.1. The van der Waals surface area contributed by atoms with Crippen molar-refractivity contribution >= 4 is 50.0 Å². The molecule has 0 aliphatic heterocycles. The Morgan fingerprint density at radius 1 is 1.24 bits per heavy atom. The lowest BCUT2D eigenvalue weighted by molar-refractivity contribution is -0.385. The van der Waals surface area contributed by atoms with E-state index in [1.807, 2.05) is 18.2 Å². The maximum Gasteiger partial charge on any atom is 0.350 e. The van der Waals surface area contributed by atoms with Crippen LogP contribution in [0.5, 0.6) is 0 Å². The van der Waals surface area contributed by atoms with E-state index < -0.39 is 16.8 Å². The number of hydrogen-bond acceptors (Lipinski definition) is 7. The van der Waals surface area contributed by atoms with Crippen molar-refractivity contribution < 1.29 is 19.2 Å². The molecule has 1 amide bonds. The quantitative estimate of drug-likeness (QED) is 0.308. The summed E-state index contributed by atoms with van der Waals surface area (Å²) in [6.07, 6.45) is 0. The smallest absolute Gasteiger partial charge is 0.350 e. The highest BCUT2D eigenvalue weighted by molar-refractivity contribution is 9.10. The Morgan fingerprint density at radius 3 is 2.62 bits per heavy atom. The number of hydrogen-bond donors (Lipinski definition) is 1. The summed E-state index contributed by atoms with van der Waals surface area (Å²) in [4.78, 5) is 40.0. The van der Waals surface area contributed by atoms with Crippen LogP contribution in [0.2, 0.25) is 0 Å². The summed E-state index contributed by atoms with van der Waals surface area (Å²) in [5.74, 6) is -1.12. The van der Waals surface area contributed by atoms with Crippen molar-refractivity contribution in [2.45, 2.75) is 6.92 Å². The Labute approximate surface area is 177 Å². The summed E-state index contributed by atoms with van der Waals surface area (Å²) < 4.78 is 5.35. The highest BCUT2D eigenvalue weighted by Crippen LogP contribution is 2.32. The van der Waals surface area contributed by atoms with Gasteiger partial charge in [0.05, 0.1) is 21.7 Å². The number of ether oxygens (including phenoxy) is 1. The molecular formula is C19H14BrN3O5S. The number of carbonyl (C=O) groups is 2. The predicted octanol–water partition coefficient (Wildman–Crippen LogP) is 4.91. The average Bonchev–Trinajstić information content (AvgIpc) is 3.13. The lowest BCUT2D eigenvalue weighted by atomic mass is 10.1. The lowest BCUT2D eigenvalue weighted by Gasteiger charge is -2.02. The first-order chi connectivity index (χ1) is 13.9. The molecule has 0 aliphatic rings. The summed E-state index contributed by atoms with van der Waals surface area (Å²) >= 11 is 4.06. The second-order valence-electron chi connectivity index (χ2n) is 5.66. The molecule has 29 heavy (non-hydrogen) atoms. The van der Waals surface area contributed by atoms with Crippen LogP contribution in [-0.4, -0.2) is 28.4 Å². The molecule has 10 heteroatoms. The minimum atomic E-state index is -0.587. The Morgan fingerprint density at radius 2 is 1.97 bits per heavy atom. The molecule has 0 fully saturated rings. The first kappa shape index (κ1) is 20.6. The molecule has 0 radical (unpaired) electrons. The topological polar surface area (TPSA) is 111 Å². The van der Waals surface area contributed by atoms with Crippen LogP contribution in [0, 0.1) is 10.1 Å². The van der Waals surface area contributed by atoms with E-state index in [1.165, 1.54) is 12.1 Å². The number of nitro groups is 1. The van der Waals surface area contributed by atoms with Gasteiger partial charge >= 0.3 is 5.97 Å². The van der Waals surface area contributed by atoms with Gasteiger partial charge in [0.25, 0.3) is 11.6 Å². The number of benzene rings is 2. The van der Waals surface area contributed by atoms with Crippen molar-refractivity contribution in [3.05, 3.63) is 73.6 Å². The third kappa shape index (κ3) is 4.66. The maximum atomic E-state index is 12.6. The summed E-state index contributed by atoms with van der Waals surface area (Å²) in [5, 5.41) is 13.9. The number of rotatable bonds is 6. The standard InChI is InChI=1S/C19H14BrN3O5S/c1-2-28-18(25)16-15(11-6-4-3-5-7-11)21-19(29-16)22-17(24)12-8-9-13(20)14(10-12)23(26)27/h3-10H,2H2,1H3,(H,21,22,24). The minimum absolute atomic E-state index is 0.0917.